The van der Waals surface area contributed by atoms with Crippen molar-refractivity contribution in [2.75, 3.05) is 0 Å². The summed E-state index contributed by atoms with van der Waals surface area (Å²) in [6.45, 7) is 1.92. The van der Waals surface area contributed by atoms with Crippen molar-refractivity contribution < 1.29 is 39.5 Å². The van der Waals surface area contributed by atoms with Crippen molar-refractivity contribution in [2.45, 2.75) is 13.3 Å². The summed E-state index contributed by atoms with van der Waals surface area (Å²) in [5, 5.41) is 9.86. The molecule has 3 heteroatoms. The molecule has 1 aliphatic carbocycles. The van der Waals surface area contributed by atoms with E-state index in [9.17, 15) is 9.90 Å². The van der Waals surface area contributed by atoms with Crippen LogP contribution in [-0.2, 0) is 4.79 Å². The molecule has 1 rings (SSSR count). The molecule has 0 aromatic rings. The number of carboxylic acids is 1. The van der Waals surface area contributed by atoms with Crippen molar-refractivity contribution >= 4 is 5.97 Å². The first-order valence-electron chi connectivity index (χ1n) is 2.42. The minimum absolute atomic E-state index is 0. The molecule has 0 amide bonds. The molecule has 1 fully saturated rings. The summed E-state index contributed by atoms with van der Waals surface area (Å²) in [5.41, 5.74) is 0. The van der Waals surface area contributed by atoms with Gasteiger partial charge in [0, 0.05) is 11.9 Å². The summed E-state index contributed by atoms with van der Waals surface area (Å²) >= 11 is 0. The zero-order valence-electron chi connectivity index (χ0n) is 5.18. The fourth-order valence-corrected chi connectivity index (χ4v) is 0.651. The van der Waals surface area contributed by atoms with Crippen LogP contribution in [0, 0.1) is 11.8 Å². The van der Waals surface area contributed by atoms with Gasteiger partial charge in [0.2, 0.25) is 0 Å². The average molecular weight is 122 g/mol. The summed E-state index contributed by atoms with van der Waals surface area (Å²) in [5.74, 6) is -0.627. The van der Waals surface area contributed by atoms with Crippen LogP contribution in [0.5, 0.6) is 0 Å². The van der Waals surface area contributed by atoms with Gasteiger partial charge in [-0.2, -0.15) is 0 Å². The maximum absolute atomic E-state index is 9.86. The van der Waals surface area contributed by atoms with Crippen LogP contribution in [-0.4, -0.2) is 5.97 Å². The van der Waals surface area contributed by atoms with Crippen molar-refractivity contribution in [1.29, 1.82) is 0 Å². The molecule has 0 N–H and O–H groups in total. The van der Waals surface area contributed by atoms with E-state index in [0.29, 0.717) is 5.92 Å². The molecular weight excluding hydrogens is 115 g/mol. The molecular formula is C5H7NaO2. The van der Waals surface area contributed by atoms with Crippen LogP contribution in [0.25, 0.3) is 0 Å². The van der Waals surface area contributed by atoms with E-state index >= 15 is 0 Å². The topological polar surface area (TPSA) is 40.1 Å². The van der Waals surface area contributed by atoms with E-state index in [2.05, 4.69) is 0 Å². The molecule has 2 nitrogen and oxygen atoms in total. The second kappa shape index (κ2) is 2.85. The van der Waals surface area contributed by atoms with E-state index < -0.39 is 5.97 Å². The number of hydrogen-bond donors (Lipinski definition) is 0. The van der Waals surface area contributed by atoms with Gasteiger partial charge in [-0.3, -0.25) is 0 Å². The molecule has 2 atom stereocenters. The monoisotopic (exact) mass is 122 g/mol. The Morgan fingerprint density at radius 3 is 2.12 bits per heavy atom. The minimum Gasteiger partial charge on any atom is -0.550 e. The van der Waals surface area contributed by atoms with Crippen molar-refractivity contribution in [3.05, 3.63) is 0 Å². The molecule has 0 saturated heterocycles. The second-order valence-electron chi connectivity index (χ2n) is 2.14. The Kier molecular flexibility index (Phi) is 3.02. The van der Waals surface area contributed by atoms with E-state index in [4.69, 9.17) is 0 Å². The molecule has 40 valence electrons. The molecule has 0 radical (unpaired) electrons. The summed E-state index contributed by atoms with van der Waals surface area (Å²) in [7, 11) is 0. The first kappa shape index (κ1) is 8.47. The summed E-state index contributed by atoms with van der Waals surface area (Å²) in [6.07, 6.45) is 0.822. The Bertz CT molecular complexity index is 103. The number of aliphatic carboxylic acids is 1. The molecule has 1 saturated carbocycles. The van der Waals surface area contributed by atoms with Gasteiger partial charge in [0.15, 0.2) is 0 Å². The van der Waals surface area contributed by atoms with E-state index in [1.807, 2.05) is 6.92 Å². The molecule has 1 aliphatic rings. The minimum atomic E-state index is -0.882. The van der Waals surface area contributed by atoms with Gasteiger partial charge in [-0.1, -0.05) is 6.92 Å². The molecule has 0 aliphatic heterocycles. The normalized spacial score (nSPS) is 33.1. The van der Waals surface area contributed by atoms with Gasteiger partial charge in [0.25, 0.3) is 0 Å². The van der Waals surface area contributed by atoms with E-state index in [-0.39, 0.29) is 35.5 Å². The fraction of sp³-hybridized carbons (Fsp3) is 0.800. The zero-order chi connectivity index (χ0) is 5.44. The van der Waals surface area contributed by atoms with Gasteiger partial charge < -0.3 is 9.90 Å². The van der Waals surface area contributed by atoms with Gasteiger partial charge in [-0.25, -0.2) is 0 Å². The molecule has 2 unspecified atom stereocenters. The predicted molar refractivity (Wildman–Crippen MR) is 22.3 cm³/mol. The molecule has 0 heterocycles. The van der Waals surface area contributed by atoms with Gasteiger partial charge >= 0.3 is 29.6 Å². The zero-order valence-corrected chi connectivity index (χ0v) is 7.18. The maximum atomic E-state index is 9.86. The van der Waals surface area contributed by atoms with E-state index in [1.54, 1.807) is 0 Å². The quantitative estimate of drug-likeness (QED) is 0.337. The van der Waals surface area contributed by atoms with Crippen LogP contribution in [0.1, 0.15) is 13.3 Å². The molecule has 0 aromatic carbocycles. The standard InChI is InChI=1S/C5H8O2.Na/c1-3-2-4(3)5(6)7;/h3-4H,2H2,1H3,(H,6,7);/q;+1/p-1. The first-order valence-corrected chi connectivity index (χ1v) is 2.42. The summed E-state index contributed by atoms with van der Waals surface area (Å²) in [6, 6.07) is 0. The third kappa shape index (κ3) is 1.77. The number of rotatable bonds is 1. The fourth-order valence-electron chi connectivity index (χ4n) is 0.651. The van der Waals surface area contributed by atoms with Crippen LogP contribution >= 0.6 is 0 Å². The Morgan fingerprint density at radius 2 is 2.12 bits per heavy atom. The van der Waals surface area contributed by atoms with Crippen molar-refractivity contribution in [3.63, 3.8) is 0 Å². The maximum Gasteiger partial charge on any atom is 1.00 e. The third-order valence-corrected chi connectivity index (χ3v) is 1.41. The van der Waals surface area contributed by atoms with Gasteiger partial charge in [0.05, 0.1) is 0 Å². The van der Waals surface area contributed by atoms with E-state index in [1.165, 1.54) is 0 Å². The first-order chi connectivity index (χ1) is 3.22. The van der Waals surface area contributed by atoms with Crippen LogP contribution in [0.15, 0.2) is 0 Å². The van der Waals surface area contributed by atoms with Crippen LogP contribution in [0.4, 0.5) is 0 Å². The SMILES string of the molecule is CC1CC1C(=O)[O-].[Na+]. The Morgan fingerprint density at radius 1 is 1.75 bits per heavy atom. The third-order valence-electron chi connectivity index (χ3n) is 1.41. The van der Waals surface area contributed by atoms with Gasteiger partial charge in [-0.05, 0) is 12.3 Å². The molecule has 8 heavy (non-hydrogen) atoms. The Balaban J connectivity index is 0.000000490. The van der Waals surface area contributed by atoms with Crippen molar-refractivity contribution in [1.82, 2.24) is 0 Å². The van der Waals surface area contributed by atoms with E-state index in [0.717, 1.165) is 6.42 Å². The number of hydrogen-bond acceptors (Lipinski definition) is 2. The molecule has 0 bridgehead atoms. The molecule has 0 aromatic heterocycles. The number of carbonyl (C=O) groups excluding carboxylic acids is 1. The van der Waals surface area contributed by atoms with Crippen LogP contribution < -0.4 is 34.7 Å². The van der Waals surface area contributed by atoms with Gasteiger partial charge in [-0.15, -0.1) is 0 Å². The van der Waals surface area contributed by atoms with Gasteiger partial charge in [0.1, 0.15) is 0 Å². The summed E-state index contributed by atoms with van der Waals surface area (Å²) in [4.78, 5) is 9.86. The second-order valence-corrected chi connectivity index (χ2v) is 2.14. The smallest absolute Gasteiger partial charge is 0.550 e. The van der Waals surface area contributed by atoms with Crippen molar-refractivity contribution in [3.8, 4) is 0 Å². The predicted octanol–water partition coefficient (Wildman–Crippen LogP) is -3.60. The largest absolute Gasteiger partial charge is 1.00 e. The van der Waals surface area contributed by atoms with Crippen LogP contribution in [0.3, 0.4) is 0 Å². The average Bonchev–Trinajstić information content (AvgIpc) is 2.17. The Labute approximate surface area is 70.6 Å². The van der Waals surface area contributed by atoms with Crippen LogP contribution in [0.2, 0.25) is 0 Å². The molecule has 0 spiro atoms. The Hall–Kier alpha value is 0.470. The number of carbonyl (C=O) groups is 1. The van der Waals surface area contributed by atoms with Crippen molar-refractivity contribution in [2.24, 2.45) is 11.8 Å². The summed E-state index contributed by atoms with van der Waals surface area (Å²) < 4.78 is 0. The number of carboxylic acid groups (broad SMARTS) is 1.